The molecule has 0 aliphatic carbocycles. The first-order valence-corrected chi connectivity index (χ1v) is 8.32. The van der Waals surface area contributed by atoms with Crippen LogP contribution in [-0.2, 0) is 19.7 Å². The predicted octanol–water partition coefficient (Wildman–Crippen LogP) is 1.46. The van der Waals surface area contributed by atoms with Gasteiger partial charge in [-0.15, -0.1) is 0 Å². The smallest absolute Gasteiger partial charge is 0.405 e. The summed E-state index contributed by atoms with van der Waals surface area (Å²) in [5.74, 6) is 0.896. The summed E-state index contributed by atoms with van der Waals surface area (Å²) in [5, 5.41) is 0. The molecule has 19 heavy (non-hydrogen) atoms. The van der Waals surface area contributed by atoms with E-state index in [1.165, 1.54) is 0 Å². The number of imidazole rings is 1. The van der Waals surface area contributed by atoms with E-state index in [2.05, 4.69) is 11.9 Å². The van der Waals surface area contributed by atoms with Crippen LogP contribution in [0, 0.1) is 0 Å². The molecule has 110 valence electrons. The minimum Gasteiger partial charge on any atom is -0.405 e. The molecule has 0 saturated heterocycles. The molecule has 0 aliphatic heterocycles. The van der Waals surface area contributed by atoms with Crippen LogP contribution < -0.4 is 4.84 Å². The molecule has 0 amide bonds. The summed E-state index contributed by atoms with van der Waals surface area (Å²) in [6, 6.07) is 0. The van der Waals surface area contributed by atoms with E-state index in [4.69, 9.17) is 18.1 Å². The Hall–Kier alpha value is -0.893. The Kier molecular flexibility index (Phi) is 6.50. The van der Waals surface area contributed by atoms with Crippen molar-refractivity contribution in [3.8, 4) is 0 Å². The van der Waals surface area contributed by atoms with Gasteiger partial charge in [0.25, 0.3) is 0 Å². The molecule has 1 aromatic heterocycles. The number of nitrogens with zero attached hydrogens (tertiary/aromatic N) is 2. The molecule has 0 saturated carbocycles. The van der Waals surface area contributed by atoms with E-state index in [0.717, 1.165) is 25.1 Å². The molecule has 1 aromatic rings. The molecule has 1 heterocycles. The summed E-state index contributed by atoms with van der Waals surface area (Å²) in [6.45, 7) is 4.12. The number of hydrogen-bond donors (Lipinski definition) is 0. The molecule has 1 unspecified atom stereocenters. The van der Waals surface area contributed by atoms with E-state index in [0.29, 0.717) is 0 Å². The first kappa shape index (κ1) is 16.2. The van der Waals surface area contributed by atoms with E-state index in [1.807, 2.05) is 6.92 Å². The molecule has 0 spiro atoms. The first-order valence-electron chi connectivity index (χ1n) is 6.52. The molecule has 0 bridgehead atoms. The van der Waals surface area contributed by atoms with Gasteiger partial charge in [0.05, 0.1) is 6.20 Å². The third kappa shape index (κ3) is 3.56. The molecular formula is C12H24N2O4Si. The minimum atomic E-state index is -2.82. The van der Waals surface area contributed by atoms with Gasteiger partial charge in [-0.2, -0.15) is 4.73 Å². The normalized spacial score (nSPS) is 13.5. The lowest BCUT2D eigenvalue weighted by Crippen LogP contribution is -2.58. The van der Waals surface area contributed by atoms with Crippen molar-refractivity contribution in [3.05, 3.63) is 18.2 Å². The van der Waals surface area contributed by atoms with E-state index < -0.39 is 8.80 Å². The van der Waals surface area contributed by atoms with Crippen LogP contribution in [0.3, 0.4) is 0 Å². The third-order valence-electron chi connectivity index (χ3n) is 3.01. The molecule has 0 aliphatic rings. The topological polar surface area (TPSA) is 54.7 Å². The fourth-order valence-electron chi connectivity index (χ4n) is 1.99. The van der Waals surface area contributed by atoms with E-state index in [9.17, 15) is 0 Å². The Morgan fingerprint density at radius 1 is 1.21 bits per heavy atom. The van der Waals surface area contributed by atoms with Gasteiger partial charge in [0.15, 0.2) is 5.73 Å². The molecule has 1 atom stereocenters. The molecule has 0 radical (unpaired) electrons. The van der Waals surface area contributed by atoms with E-state index in [-0.39, 0.29) is 5.73 Å². The third-order valence-corrected chi connectivity index (χ3v) is 6.02. The fraction of sp³-hybridized carbons (Fsp3) is 0.750. The molecule has 0 aromatic carbocycles. The van der Waals surface area contributed by atoms with Gasteiger partial charge in [0.1, 0.15) is 5.82 Å². The quantitative estimate of drug-likeness (QED) is 0.644. The fourth-order valence-corrected chi connectivity index (χ4v) is 4.02. The van der Waals surface area contributed by atoms with Crippen LogP contribution in [0.15, 0.2) is 12.4 Å². The minimum absolute atomic E-state index is 0.266. The average molecular weight is 288 g/mol. The second-order valence-corrected chi connectivity index (χ2v) is 7.21. The molecule has 0 fully saturated rings. The monoisotopic (exact) mass is 288 g/mol. The van der Waals surface area contributed by atoms with Crippen molar-refractivity contribution in [1.82, 2.24) is 9.71 Å². The van der Waals surface area contributed by atoms with Crippen molar-refractivity contribution in [2.24, 2.45) is 0 Å². The summed E-state index contributed by atoms with van der Waals surface area (Å²) in [6.07, 6.45) is 6.14. The highest BCUT2D eigenvalue weighted by Crippen LogP contribution is 2.17. The predicted molar refractivity (Wildman–Crippen MR) is 73.7 cm³/mol. The molecule has 1 rings (SSSR count). The SMILES string of the molecule is CCCc1nccn1OC(CC)[Si](OC)(OC)OC. The molecule has 0 N–H and O–H groups in total. The van der Waals surface area contributed by atoms with Gasteiger partial charge < -0.3 is 18.1 Å². The average Bonchev–Trinajstić information content (AvgIpc) is 2.87. The van der Waals surface area contributed by atoms with Crippen molar-refractivity contribution >= 4 is 8.80 Å². The van der Waals surface area contributed by atoms with Crippen LogP contribution >= 0.6 is 0 Å². The second-order valence-electron chi connectivity index (χ2n) is 4.14. The van der Waals surface area contributed by atoms with Gasteiger partial charge in [-0.05, 0) is 12.8 Å². The van der Waals surface area contributed by atoms with Crippen LogP contribution in [0.5, 0.6) is 0 Å². The van der Waals surface area contributed by atoms with Gasteiger partial charge in [-0.3, -0.25) is 0 Å². The van der Waals surface area contributed by atoms with Crippen molar-refractivity contribution in [2.75, 3.05) is 21.3 Å². The maximum absolute atomic E-state index is 5.97. The van der Waals surface area contributed by atoms with Crippen molar-refractivity contribution < 1.29 is 18.1 Å². The van der Waals surface area contributed by atoms with Gasteiger partial charge in [0, 0.05) is 33.9 Å². The zero-order valence-corrected chi connectivity index (χ0v) is 13.4. The van der Waals surface area contributed by atoms with Gasteiger partial charge in [-0.1, -0.05) is 13.8 Å². The zero-order chi connectivity index (χ0) is 14.3. The lowest BCUT2D eigenvalue weighted by atomic mass is 10.3. The Morgan fingerprint density at radius 3 is 2.32 bits per heavy atom. The standard InChI is InChI=1S/C12H24N2O4Si/c1-6-8-11-13-9-10-14(11)18-12(7-2)19(15-3,16-4)17-5/h9-10,12H,6-8H2,1-5H3. The van der Waals surface area contributed by atoms with Crippen molar-refractivity contribution in [2.45, 2.75) is 38.8 Å². The summed E-state index contributed by atoms with van der Waals surface area (Å²) >= 11 is 0. The molecular weight excluding hydrogens is 264 g/mol. The highest BCUT2D eigenvalue weighted by molar-refractivity contribution is 6.62. The van der Waals surface area contributed by atoms with Gasteiger partial charge in [0.2, 0.25) is 0 Å². The first-order chi connectivity index (χ1) is 9.17. The lowest BCUT2D eigenvalue weighted by molar-refractivity contribution is 0.000203. The summed E-state index contributed by atoms with van der Waals surface area (Å²) < 4.78 is 18.1. The van der Waals surface area contributed by atoms with Gasteiger partial charge >= 0.3 is 8.80 Å². The number of aromatic nitrogens is 2. The maximum Gasteiger partial charge on any atom is 0.545 e. The number of rotatable bonds is 9. The molecule has 7 heteroatoms. The molecule has 6 nitrogen and oxygen atoms in total. The summed E-state index contributed by atoms with van der Waals surface area (Å²) in [5.41, 5.74) is -0.266. The Bertz CT molecular complexity index is 360. The van der Waals surface area contributed by atoms with Crippen LogP contribution in [0.1, 0.15) is 32.5 Å². The largest absolute Gasteiger partial charge is 0.545 e. The Morgan fingerprint density at radius 2 is 1.84 bits per heavy atom. The Labute approximate surface area is 116 Å². The lowest BCUT2D eigenvalue weighted by Gasteiger charge is -2.31. The summed E-state index contributed by atoms with van der Waals surface area (Å²) in [4.78, 5) is 10.3. The maximum atomic E-state index is 5.97. The van der Waals surface area contributed by atoms with Crippen LogP contribution in [0.2, 0.25) is 0 Å². The van der Waals surface area contributed by atoms with E-state index >= 15 is 0 Å². The second kappa shape index (κ2) is 7.64. The van der Waals surface area contributed by atoms with Crippen LogP contribution in [-0.4, -0.2) is 45.6 Å². The highest BCUT2D eigenvalue weighted by Gasteiger charge is 2.49. The van der Waals surface area contributed by atoms with E-state index in [1.54, 1.807) is 38.5 Å². The van der Waals surface area contributed by atoms with Crippen LogP contribution in [0.25, 0.3) is 0 Å². The van der Waals surface area contributed by atoms with Crippen molar-refractivity contribution in [1.29, 1.82) is 0 Å². The number of aryl methyl sites for hydroxylation is 1. The van der Waals surface area contributed by atoms with Crippen LogP contribution in [0.4, 0.5) is 0 Å². The summed E-state index contributed by atoms with van der Waals surface area (Å²) in [7, 11) is 1.95. The Balaban J connectivity index is 2.89. The van der Waals surface area contributed by atoms with Crippen molar-refractivity contribution in [3.63, 3.8) is 0 Å². The highest BCUT2D eigenvalue weighted by atomic mass is 28.4. The zero-order valence-electron chi connectivity index (χ0n) is 12.4. The number of hydrogen-bond acceptors (Lipinski definition) is 5. The van der Waals surface area contributed by atoms with Gasteiger partial charge in [-0.25, -0.2) is 4.98 Å².